The van der Waals surface area contributed by atoms with E-state index in [9.17, 15) is 9.18 Å². The molecule has 0 saturated carbocycles. The van der Waals surface area contributed by atoms with Crippen LogP contribution in [0.1, 0.15) is 34.5 Å². The highest BCUT2D eigenvalue weighted by Gasteiger charge is 2.24. The Bertz CT molecular complexity index is 1600. The number of nitrogen functional groups attached to an aromatic ring is 1. The van der Waals surface area contributed by atoms with E-state index in [4.69, 9.17) is 5.73 Å². The zero-order valence-electron chi connectivity index (χ0n) is 19.8. The summed E-state index contributed by atoms with van der Waals surface area (Å²) in [5, 5.41) is 15.6. The number of nitrogens with two attached hydrogens (primary N) is 1. The molecule has 4 N–H and O–H groups in total. The minimum absolute atomic E-state index is 0.0146. The van der Waals surface area contributed by atoms with Crippen LogP contribution in [-0.2, 0) is 6.54 Å². The number of halogens is 1. The predicted octanol–water partition coefficient (Wildman–Crippen LogP) is 5.29. The van der Waals surface area contributed by atoms with Crippen LogP contribution >= 0.6 is 0 Å². The van der Waals surface area contributed by atoms with Gasteiger partial charge in [0.05, 0.1) is 28.3 Å². The molecule has 0 spiro atoms. The second-order valence-corrected chi connectivity index (χ2v) is 8.28. The predicted molar refractivity (Wildman–Crippen MR) is 140 cm³/mol. The molecule has 180 valence electrons. The second-order valence-electron chi connectivity index (χ2n) is 8.28. The molecule has 5 aromatic rings. The van der Waals surface area contributed by atoms with Gasteiger partial charge in [0, 0.05) is 29.4 Å². The smallest absolute Gasteiger partial charge is 0.274 e. The van der Waals surface area contributed by atoms with Crippen molar-refractivity contribution in [3.05, 3.63) is 89.4 Å². The SMILES string of the molecule is CCn1nc(C)c(-c2ccc3c(C=Cc4ccccn4)n[nH]c3c2)c1C(=O)Nc1cc(N)ccc1F. The number of aromatic amines is 1. The highest BCUT2D eigenvalue weighted by atomic mass is 19.1. The van der Waals surface area contributed by atoms with E-state index < -0.39 is 11.7 Å². The highest BCUT2D eigenvalue weighted by Crippen LogP contribution is 2.32. The lowest BCUT2D eigenvalue weighted by Crippen LogP contribution is -2.19. The lowest BCUT2D eigenvalue weighted by atomic mass is 10.0. The van der Waals surface area contributed by atoms with Gasteiger partial charge in [-0.15, -0.1) is 0 Å². The van der Waals surface area contributed by atoms with Crippen LogP contribution in [0.3, 0.4) is 0 Å². The van der Waals surface area contributed by atoms with Crippen molar-refractivity contribution in [3.8, 4) is 11.1 Å². The topological polar surface area (TPSA) is 115 Å². The van der Waals surface area contributed by atoms with E-state index in [2.05, 4.69) is 25.6 Å². The number of hydrogen-bond acceptors (Lipinski definition) is 5. The summed E-state index contributed by atoms with van der Waals surface area (Å²) < 4.78 is 15.9. The van der Waals surface area contributed by atoms with E-state index in [1.54, 1.807) is 10.9 Å². The van der Waals surface area contributed by atoms with E-state index in [-0.39, 0.29) is 5.69 Å². The van der Waals surface area contributed by atoms with E-state index in [0.717, 1.165) is 27.9 Å². The molecule has 0 fully saturated rings. The first-order valence-electron chi connectivity index (χ1n) is 11.5. The number of aryl methyl sites for hydroxylation is 2. The van der Waals surface area contributed by atoms with Crippen molar-refractivity contribution in [2.24, 2.45) is 0 Å². The normalized spacial score (nSPS) is 11.4. The number of amides is 1. The number of carbonyl (C=O) groups excluding carboxylic acids is 1. The fourth-order valence-corrected chi connectivity index (χ4v) is 4.17. The van der Waals surface area contributed by atoms with E-state index in [1.807, 2.05) is 62.4 Å². The van der Waals surface area contributed by atoms with Crippen LogP contribution in [0.4, 0.5) is 15.8 Å². The molecule has 0 aliphatic heterocycles. The fraction of sp³-hybridized carbons (Fsp3) is 0.111. The van der Waals surface area contributed by atoms with Gasteiger partial charge in [0.15, 0.2) is 0 Å². The van der Waals surface area contributed by atoms with Crippen LogP contribution in [-0.4, -0.2) is 30.9 Å². The van der Waals surface area contributed by atoms with E-state index in [0.29, 0.717) is 29.2 Å². The van der Waals surface area contributed by atoms with Gasteiger partial charge in [-0.3, -0.25) is 19.6 Å². The van der Waals surface area contributed by atoms with Gasteiger partial charge in [0.25, 0.3) is 5.91 Å². The third kappa shape index (κ3) is 4.34. The molecule has 2 aromatic carbocycles. The first-order valence-corrected chi connectivity index (χ1v) is 11.5. The molecule has 3 heterocycles. The molecular weight excluding hydrogens is 457 g/mol. The molecule has 0 atom stereocenters. The maximum absolute atomic E-state index is 14.3. The summed E-state index contributed by atoms with van der Waals surface area (Å²) in [6, 6.07) is 15.6. The number of carbonyl (C=O) groups is 1. The van der Waals surface area contributed by atoms with Gasteiger partial charge in [0.1, 0.15) is 11.5 Å². The average Bonchev–Trinajstić information content (AvgIpc) is 3.45. The first kappa shape index (κ1) is 23.0. The molecule has 0 unspecified atom stereocenters. The number of anilines is 2. The second kappa shape index (κ2) is 9.46. The van der Waals surface area contributed by atoms with Gasteiger partial charge in [-0.05, 0) is 74.0 Å². The van der Waals surface area contributed by atoms with Gasteiger partial charge in [-0.25, -0.2) is 4.39 Å². The number of pyridine rings is 1. The third-order valence-corrected chi connectivity index (χ3v) is 5.86. The fourth-order valence-electron chi connectivity index (χ4n) is 4.17. The monoisotopic (exact) mass is 481 g/mol. The molecule has 0 saturated heterocycles. The standard InChI is InChI=1S/C27H24FN7O/c1-3-35-26(27(36)31-24-15-18(29)8-11-21(24)28)25(16(2)34-35)17-7-10-20-22(32-33-23(20)14-17)12-9-19-6-4-5-13-30-19/h4-15H,3,29H2,1-2H3,(H,31,36)(H,32,33). The summed E-state index contributed by atoms with van der Waals surface area (Å²) in [5.74, 6) is -1.04. The van der Waals surface area contributed by atoms with Crippen molar-refractivity contribution in [1.29, 1.82) is 0 Å². The lowest BCUT2D eigenvalue weighted by molar-refractivity contribution is 0.101. The van der Waals surface area contributed by atoms with Crippen molar-refractivity contribution in [2.75, 3.05) is 11.1 Å². The van der Waals surface area contributed by atoms with Crippen LogP contribution in [0.25, 0.3) is 34.2 Å². The lowest BCUT2D eigenvalue weighted by Gasteiger charge is -2.11. The average molecular weight is 482 g/mol. The summed E-state index contributed by atoms with van der Waals surface area (Å²) >= 11 is 0. The summed E-state index contributed by atoms with van der Waals surface area (Å²) in [4.78, 5) is 17.6. The van der Waals surface area contributed by atoms with Gasteiger partial charge >= 0.3 is 0 Å². The van der Waals surface area contributed by atoms with Crippen molar-refractivity contribution in [2.45, 2.75) is 20.4 Å². The van der Waals surface area contributed by atoms with E-state index >= 15 is 0 Å². The van der Waals surface area contributed by atoms with Gasteiger partial charge in [0.2, 0.25) is 0 Å². The molecule has 5 rings (SSSR count). The Kier molecular flexibility index (Phi) is 6.03. The van der Waals surface area contributed by atoms with Crippen molar-refractivity contribution < 1.29 is 9.18 Å². The third-order valence-electron chi connectivity index (χ3n) is 5.86. The summed E-state index contributed by atoms with van der Waals surface area (Å²) in [5.41, 5.74) is 11.0. The zero-order chi connectivity index (χ0) is 25.2. The Morgan fingerprint density at radius 3 is 2.81 bits per heavy atom. The minimum atomic E-state index is -0.566. The number of fused-ring (bicyclic) bond motifs is 1. The molecule has 36 heavy (non-hydrogen) atoms. The number of nitrogens with one attached hydrogen (secondary N) is 2. The van der Waals surface area contributed by atoms with Gasteiger partial charge < -0.3 is 11.1 Å². The summed E-state index contributed by atoms with van der Waals surface area (Å²) in [6.45, 7) is 4.21. The van der Waals surface area contributed by atoms with Crippen LogP contribution in [0.2, 0.25) is 0 Å². The maximum Gasteiger partial charge on any atom is 0.274 e. The largest absolute Gasteiger partial charge is 0.399 e. The number of H-pyrrole nitrogens is 1. The number of rotatable bonds is 6. The zero-order valence-corrected chi connectivity index (χ0v) is 19.8. The molecule has 3 aromatic heterocycles. The Morgan fingerprint density at radius 2 is 2.03 bits per heavy atom. The molecule has 8 nitrogen and oxygen atoms in total. The molecule has 0 radical (unpaired) electrons. The molecule has 1 amide bonds. The molecule has 9 heteroatoms. The number of benzene rings is 2. The van der Waals surface area contributed by atoms with Crippen LogP contribution in [0.15, 0.2) is 60.8 Å². The van der Waals surface area contributed by atoms with E-state index in [1.165, 1.54) is 18.2 Å². The highest BCUT2D eigenvalue weighted by molar-refractivity contribution is 6.08. The number of aromatic nitrogens is 5. The molecule has 0 aliphatic rings. The Balaban J connectivity index is 1.52. The quantitative estimate of drug-likeness (QED) is 0.285. The Morgan fingerprint density at radius 1 is 1.17 bits per heavy atom. The summed E-state index contributed by atoms with van der Waals surface area (Å²) in [7, 11) is 0. The van der Waals surface area contributed by atoms with Gasteiger partial charge in [-0.2, -0.15) is 10.2 Å². The number of hydrogen-bond donors (Lipinski definition) is 3. The van der Waals surface area contributed by atoms with Crippen molar-refractivity contribution >= 4 is 40.3 Å². The Labute approximate surface area is 206 Å². The van der Waals surface area contributed by atoms with Crippen molar-refractivity contribution in [1.82, 2.24) is 25.0 Å². The minimum Gasteiger partial charge on any atom is -0.399 e. The number of nitrogens with zero attached hydrogens (tertiary/aromatic N) is 4. The van der Waals surface area contributed by atoms with Crippen molar-refractivity contribution in [3.63, 3.8) is 0 Å². The van der Waals surface area contributed by atoms with Crippen LogP contribution < -0.4 is 11.1 Å². The van der Waals surface area contributed by atoms with Crippen LogP contribution in [0, 0.1) is 12.7 Å². The Hall–Kier alpha value is -4.79. The molecule has 0 aliphatic carbocycles. The van der Waals surface area contributed by atoms with Crippen LogP contribution in [0.5, 0.6) is 0 Å². The maximum atomic E-state index is 14.3. The van der Waals surface area contributed by atoms with Gasteiger partial charge in [-0.1, -0.05) is 12.1 Å². The molecular formula is C27H24FN7O. The first-order chi connectivity index (χ1) is 17.4. The summed E-state index contributed by atoms with van der Waals surface area (Å²) in [6.07, 6.45) is 5.54. The molecule has 0 bridgehead atoms.